The molecule has 20 heavy (non-hydrogen) atoms. The third kappa shape index (κ3) is 3.92. The van der Waals surface area contributed by atoms with Gasteiger partial charge < -0.3 is 15.6 Å². The average Bonchev–Trinajstić information content (AvgIpc) is 2.90. The summed E-state index contributed by atoms with van der Waals surface area (Å²) in [7, 11) is 0. The molecule has 3 heteroatoms. The molecule has 1 fully saturated rings. The van der Waals surface area contributed by atoms with Crippen molar-refractivity contribution in [2.24, 2.45) is 11.7 Å². The third-order valence-electron chi connectivity index (χ3n) is 4.16. The Hall–Kier alpha value is -1.16. The maximum absolute atomic E-state index is 10.0. The maximum Gasteiger partial charge on any atom is 0.0768 e. The van der Waals surface area contributed by atoms with E-state index in [0.717, 1.165) is 31.2 Å². The van der Waals surface area contributed by atoms with E-state index < -0.39 is 0 Å². The van der Waals surface area contributed by atoms with Crippen LogP contribution in [0.3, 0.4) is 0 Å². The summed E-state index contributed by atoms with van der Waals surface area (Å²) in [6, 6.07) is 9.95. The Labute approximate surface area is 121 Å². The lowest BCUT2D eigenvalue weighted by Crippen LogP contribution is -2.45. The number of aliphatic hydroxyl groups is 1. The highest BCUT2D eigenvalue weighted by molar-refractivity contribution is 5.13. The van der Waals surface area contributed by atoms with Gasteiger partial charge in [0.05, 0.1) is 18.8 Å². The Morgan fingerprint density at radius 2 is 2.10 bits per heavy atom. The second kappa shape index (κ2) is 7.58. The molecule has 1 aliphatic carbocycles. The molecule has 3 nitrogen and oxygen atoms in total. The SMILES string of the molecule is C=CC[C@@H](OCc1ccccc1)[C@@H](N)[C@@H]1CCC[C@@H]1O. The van der Waals surface area contributed by atoms with Crippen molar-refractivity contribution in [3.63, 3.8) is 0 Å². The van der Waals surface area contributed by atoms with Gasteiger partial charge in [0.25, 0.3) is 0 Å². The number of aliphatic hydroxyl groups excluding tert-OH is 1. The van der Waals surface area contributed by atoms with E-state index in [0.29, 0.717) is 6.61 Å². The zero-order valence-electron chi connectivity index (χ0n) is 11.9. The fourth-order valence-electron chi connectivity index (χ4n) is 2.97. The Balaban J connectivity index is 1.93. The van der Waals surface area contributed by atoms with Gasteiger partial charge in [-0.3, -0.25) is 0 Å². The van der Waals surface area contributed by atoms with Crippen molar-refractivity contribution in [2.45, 2.75) is 50.5 Å². The van der Waals surface area contributed by atoms with E-state index >= 15 is 0 Å². The van der Waals surface area contributed by atoms with Gasteiger partial charge in [-0.25, -0.2) is 0 Å². The summed E-state index contributed by atoms with van der Waals surface area (Å²) in [4.78, 5) is 0. The van der Waals surface area contributed by atoms with E-state index in [1.54, 1.807) is 0 Å². The molecule has 0 unspecified atom stereocenters. The number of hydrogen-bond donors (Lipinski definition) is 2. The lowest BCUT2D eigenvalue weighted by molar-refractivity contribution is -0.00515. The van der Waals surface area contributed by atoms with E-state index in [4.69, 9.17) is 10.5 Å². The summed E-state index contributed by atoms with van der Waals surface area (Å²) in [5, 5.41) is 10.0. The van der Waals surface area contributed by atoms with Gasteiger partial charge in [-0.05, 0) is 24.8 Å². The molecular formula is C17H25NO2. The number of benzene rings is 1. The van der Waals surface area contributed by atoms with E-state index in [9.17, 15) is 5.11 Å². The quantitative estimate of drug-likeness (QED) is 0.752. The zero-order chi connectivity index (χ0) is 14.4. The summed E-state index contributed by atoms with van der Waals surface area (Å²) >= 11 is 0. The Kier molecular flexibility index (Phi) is 5.77. The molecule has 0 heterocycles. The minimum atomic E-state index is -0.280. The van der Waals surface area contributed by atoms with Gasteiger partial charge in [0.1, 0.15) is 0 Å². The van der Waals surface area contributed by atoms with Crippen molar-refractivity contribution < 1.29 is 9.84 Å². The van der Waals surface area contributed by atoms with Crippen LogP contribution in [-0.2, 0) is 11.3 Å². The van der Waals surface area contributed by atoms with Crippen molar-refractivity contribution in [3.05, 3.63) is 48.6 Å². The monoisotopic (exact) mass is 275 g/mol. The lowest BCUT2D eigenvalue weighted by atomic mass is 9.91. The van der Waals surface area contributed by atoms with Crippen LogP contribution in [0.5, 0.6) is 0 Å². The molecule has 0 aliphatic heterocycles. The first-order valence-electron chi connectivity index (χ1n) is 7.42. The largest absolute Gasteiger partial charge is 0.393 e. The zero-order valence-corrected chi connectivity index (χ0v) is 11.9. The standard InChI is InChI=1S/C17H25NO2/c1-2-7-16(17(18)14-10-6-11-15(14)19)20-12-13-8-4-3-5-9-13/h2-5,8-9,14-17,19H,1,6-7,10-12,18H2/t14-,15+,16-,17+/m1/s1. The van der Waals surface area contributed by atoms with E-state index in [-0.39, 0.29) is 24.2 Å². The molecule has 0 amide bonds. The molecule has 0 spiro atoms. The molecule has 0 bridgehead atoms. The summed E-state index contributed by atoms with van der Waals surface area (Å²) < 4.78 is 5.98. The summed E-state index contributed by atoms with van der Waals surface area (Å²) in [6.45, 7) is 4.34. The first-order chi connectivity index (χ1) is 9.72. The van der Waals surface area contributed by atoms with E-state index in [1.165, 1.54) is 0 Å². The molecule has 1 aromatic carbocycles. The summed E-state index contributed by atoms with van der Waals surface area (Å²) in [5.41, 5.74) is 7.47. The molecule has 0 aromatic heterocycles. The highest BCUT2D eigenvalue weighted by atomic mass is 16.5. The molecule has 1 saturated carbocycles. The van der Waals surface area contributed by atoms with Gasteiger partial charge >= 0.3 is 0 Å². The molecule has 1 aromatic rings. The minimum Gasteiger partial charge on any atom is -0.393 e. The van der Waals surface area contributed by atoms with Crippen LogP contribution in [0.4, 0.5) is 0 Å². The normalized spacial score (nSPS) is 25.3. The van der Waals surface area contributed by atoms with Gasteiger partial charge in [0.2, 0.25) is 0 Å². The van der Waals surface area contributed by atoms with Crippen LogP contribution in [0.2, 0.25) is 0 Å². The van der Waals surface area contributed by atoms with Crippen LogP contribution >= 0.6 is 0 Å². The average molecular weight is 275 g/mol. The second-order valence-electron chi connectivity index (χ2n) is 5.60. The van der Waals surface area contributed by atoms with E-state index in [1.807, 2.05) is 36.4 Å². The fraction of sp³-hybridized carbons (Fsp3) is 0.529. The van der Waals surface area contributed by atoms with E-state index in [2.05, 4.69) is 6.58 Å². The Morgan fingerprint density at radius 3 is 2.70 bits per heavy atom. The molecular weight excluding hydrogens is 250 g/mol. The second-order valence-corrected chi connectivity index (χ2v) is 5.60. The Morgan fingerprint density at radius 1 is 1.35 bits per heavy atom. The molecule has 110 valence electrons. The molecule has 3 N–H and O–H groups in total. The first-order valence-corrected chi connectivity index (χ1v) is 7.42. The number of ether oxygens (including phenoxy) is 1. The highest BCUT2D eigenvalue weighted by Crippen LogP contribution is 2.30. The topological polar surface area (TPSA) is 55.5 Å². The number of hydrogen-bond acceptors (Lipinski definition) is 3. The predicted molar refractivity (Wildman–Crippen MR) is 81.2 cm³/mol. The molecule has 2 rings (SSSR count). The predicted octanol–water partition coefficient (Wildman–Crippen LogP) is 2.64. The number of nitrogens with two attached hydrogens (primary N) is 1. The molecule has 0 saturated heterocycles. The molecule has 4 atom stereocenters. The van der Waals surface area contributed by atoms with Crippen LogP contribution in [0.15, 0.2) is 43.0 Å². The van der Waals surface area contributed by atoms with Crippen LogP contribution in [0.1, 0.15) is 31.2 Å². The summed E-state index contributed by atoms with van der Waals surface area (Å²) in [6.07, 6.45) is 5.11. The van der Waals surface area contributed by atoms with Gasteiger partial charge in [-0.15, -0.1) is 6.58 Å². The van der Waals surface area contributed by atoms with Gasteiger partial charge in [0, 0.05) is 12.0 Å². The molecule has 0 radical (unpaired) electrons. The number of rotatable bonds is 7. The maximum atomic E-state index is 10.0. The fourth-order valence-corrected chi connectivity index (χ4v) is 2.97. The molecule has 1 aliphatic rings. The lowest BCUT2D eigenvalue weighted by Gasteiger charge is -2.30. The van der Waals surface area contributed by atoms with Gasteiger partial charge in [-0.1, -0.05) is 42.8 Å². The van der Waals surface area contributed by atoms with Crippen molar-refractivity contribution in [1.29, 1.82) is 0 Å². The van der Waals surface area contributed by atoms with Crippen molar-refractivity contribution >= 4 is 0 Å². The van der Waals surface area contributed by atoms with Gasteiger partial charge in [-0.2, -0.15) is 0 Å². The van der Waals surface area contributed by atoms with Crippen molar-refractivity contribution in [2.75, 3.05) is 0 Å². The third-order valence-corrected chi connectivity index (χ3v) is 4.16. The van der Waals surface area contributed by atoms with Crippen LogP contribution in [0, 0.1) is 5.92 Å². The van der Waals surface area contributed by atoms with Crippen LogP contribution in [-0.4, -0.2) is 23.4 Å². The van der Waals surface area contributed by atoms with Gasteiger partial charge in [0.15, 0.2) is 0 Å². The summed E-state index contributed by atoms with van der Waals surface area (Å²) in [5.74, 6) is 0.149. The minimum absolute atomic E-state index is 0.0783. The Bertz CT molecular complexity index is 407. The van der Waals surface area contributed by atoms with Crippen molar-refractivity contribution in [1.82, 2.24) is 0 Å². The van der Waals surface area contributed by atoms with Crippen LogP contribution < -0.4 is 5.73 Å². The van der Waals surface area contributed by atoms with Crippen molar-refractivity contribution in [3.8, 4) is 0 Å². The first kappa shape index (κ1) is 15.2. The van der Waals surface area contributed by atoms with Crippen LogP contribution in [0.25, 0.3) is 0 Å². The highest BCUT2D eigenvalue weighted by Gasteiger charge is 2.34. The smallest absolute Gasteiger partial charge is 0.0768 e.